The Kier molecular flexibility index (Phi) is 5.70. The lowest BCUT2D eigenvalue weighted by atomic mass is 9.82. The maximum atomic E-state index is 13.0. The van der Waals surface area contributed by atoms with Gasteiger partial charge in [-0.15, -0.1) is 0 Å². The molecular formula is C24H24N6O4. The van der Waals surface area contributed by atoms with Gasteiger partial charge in [0, 0.05) is 55.4 Å². The Morgan fingerprint density at radius 1 is 1.00 bits per heavy atom. The van der Waals surface area contributed by atoms with E-state index in [1.54, 1.807) is 46.9 Å². The molecule has 1 fully saturated rings. The van der Waals surface area contributed by atoms with Crippen molar-refractivity contribution in [2.45, 2.75) is 18.9 Å². The fraction of sp³-hybridized carbons (Fsp3) is 0.292. The number of fused-ring (bicyclic) bond motifs is 4. The van der Waals surface area contributed by atoms with Gasteiger partial charge in [0.15, 0.2) is 0 Å². The van der Waals surface area contributed by atoms with Crippen LogP contribution in [0, 0.1) is 5.92 Å². The molecule has 2 N–H and O–H groups in total. The van der Waals surface area contributed by atoms with Crippen molar-refractivity contribution in [1.29, 1.82) is 0 Å². The fourth-order valence-corrected chi connectivity index (χ4v) is 4.77. The number of amides is 3. The molecule has 2 aliphatic rings. The minimum atomic E-state index is -0.353. The number of hydrogen-bond acceptors (Lipinski definition) is 6. The zero-order valence-corrected chi connectivity index (χ0v) is 18.6. The Labute approximate surface area is 195 Å². The topological polar surface area (TPSA) is 118 Å². The largest absolute Gasteiger partial charge is 0.497 e. The van der Waals surface area contributed by atoms with E-state index in [0.29, 0.717) is 42.3 Å². The molecule has 34 heavy (non-hydrogen) atoms. The SMILES string of the molecule is COc1ccc(NC(=O)N2C[C@@H]3C[C@H](C2)c2c(NC(=O)c4cncnc4)ccc(=O)n2C3)cc1. The first kappa shape index (κ1) is 21.6. The molecule has 0 spiro atoms. The Morgan fingerprint density at radius 3 is 2.50 bits per heavy atom. The van der Waals surface area contributed by atoms with E-state index in [4.69, 9.17) is 4.74 Å². The first-order valence-corrected chi connectivity index (χ1v) is 11.0. The molecule has 0 aliphatic carbocycles. The van der Waals surface area contributed by atoms with Crippen LogP contribution >= 0.6 is 0 Å². The molecule has 10 heteroatoms. The summed E-state index contributed by atoms with van der Waals surface area (Å²) in [6, 6.07) is 10.1. The first-order valence-electron chi connectivity index (χ1n) is 11.0. The highest BCUT2D eigenvalue weighted by atomic mass is 16.5. The monoisotopic (exact) mass is 460 g/mol. The smallest absolute Gasteiger partial charge is 0.321 e. The number of benzene rings is 1. The molecule has 5 rings (SSSR count). The van der Waals surface area contributed by atoms with E-state index in [9.17, 15) is 14.4 Å². The van der Waals surface area contributed by atoms with Crippen molar-refractivity contribution in [3.05, 3.63) is 76.7 Å². The zero-order valence-electron chi connectivity index (χ0n) is 18.6. The molecule has 3 amide bonds. The molecule has 10 nitrogen and oxygen atoms in total. The second-order valence-electron chi connectivity index (χ2n) is 8.52. The second kappa shape index (κ2) is 8.97. The highest BCUT2D eigenvalue weighted by Crippen LogP contribution is 2.38. The van der Waals surface area contributed by atoms with Gasteiger partial charge in [0.2, 0.25) is 0 Å². The quantitative estimate of drug-likeness (QED) is 0.618. The molecule has 0 radical (unpaired) electrons. The van der Waals surface area contributed by atoms with Crippen LogP contribution in [-0.4, -0.2) is 51.6 Å². The van der Waals surface area contributed by atoms with Crippen molar-refractivity contribution in [3.8, 4) is 5.75 Å². The van der Waals surface area contributed by atoms with Gasteiger partial charge in [0.25, 0.3) is 11.5 Å². The lowest BCUT2D eigenvalue weighted by molar-refractivity contribution is 0.102. The van der Waals surface area contributed by atoms with Gasteiger partial charge >= 0.3 is 6.03 Å². The Balaban J connectivity index is 1.37. The van der Waals surface area contributed by atoms with Crippen LogP contribution in [0.15, 0.2) is 59.9 Å². The summed E-state index contributed by atoms with van der Waals surface area (Å²) in [6.07, 6.45) is 5.07. The van der Waals surface area contributed by atoms with E-state index in [1.165, 1.54) is 24.8 Å². The summed E-state index contributed by atoms with van der Waals surface area (Å²) >= 11 is 0. The number of nitrogens with one attached hydrogen (secondary N) is 2. The van der Waals surface area contributed by atoms with E-state index in [-0.39, 0.29) is 29.3 Å². The number of carbonyl (C=O) groups is 2. The summed E-state index contributed by atoms with van der Waals surface area (Å²) < 4.78 is 6.89. The van der Waals surface area contributed by atoms with E-state index >= 15 is 0 Å². The first-order chi connectivity index (χ1) is 16.5. The summed E-state index contributed by atoms with van der Waals surface area (Å²) in [5.41, 5.74) is 2.20. The average Bonchev–Trinajstić information content (AvgIpc) is 2.86. The lowest BCUT2D eigenvalue weighted by Gasteiger charge is -2.43. The third-order valence-electron chi connectivity index (χ3n) is 6.29. The molecule has 174 valence electrons. The minimum Gasteiger partial charge on any atom is -0.497 e. The minimum absolute atomic E-state index is 0.0784. The Bertz CT molecular complexity index is 1270. The van der Waals surface area contributed by atoms with Gasteiger partial charge in [-0.3, -0.25) is 9.59 Å². The van der Waals surface area contributed by atoms with Crippen molar-refractivity contribution < 1.29 is 14.3 Å². The van der Waals surface area contributed by atoms with Crippen molar-refractivity contribution >= 4 is 23.3 Å². The van der Waals surface area contributed by atoms with Crippen molar-refractivity contribution in [2.24, 2.45) is 5.92 Å². The second-order valence-corrected chi connectivity index (χ2v) is 8.52. The number of anilines is 2. The number of nitrogens with zero attached hydrogens (tertiary/aromatic N) is 4. The zero-order chi connectivity index (χ0) is 23.7. The van der Waals surface area contributed by atoms with Crippen LogP contribution in [0.25, 0.3) is 0 Å². The molecule has 2 aliphatic heterocycles. The third-order valence-corrected chi connectivity index (χ3v) is 6.29. The number of piperidine rings is 1. The Hall–Kier alpha value is -4.21. The summed E-state index contributed by atoms with van der Waals surface area (Å²) in [7, 11) is 1.59. The average molecular weight is 460 g/mol. The van der Waals surface area contributed by atoms with Gasteiger partial charge in [-0.1, -0.05) is 0 Å². The van der Waals surface area contributed by atoms with Gasteiger partial charge < -0.3 is 24.8 Å². The molecule has 4 heterocycles. The summed E-state index contributed by atoms with van der Waals surface area (Å²) in [4.78, 5) is 47.9. The van der Waals surface area contributed by atoms with E-state index in [2.05, 4.69) is 20.6 Å². The van der Waals surface area contributed by atoms with Crippen LogP contribution in [0.3, 0.4) is 0 Å². The fourth-order valence-electron chi connectivity index (χ4n) is 4.77. The molecule has 1 aromatic carbocycles. The number of aromatic nitrogens is 3. The number of hydrogen-bond donors (Lipinski definition) is 2. The highest BCUT2D eigenvalue weighted by Gasteiger charge is 2.38. The molecule has 2 bridgehead atoms. The van der Waals surface area contributed by atoms with E-state index in [1.807, 2.05) is 0 Å². The Morgan fingerprint density at radius 2 is 1.76 bits per heavy atom. The number of carbonyl (C=O) groups excluding carboxylic acids is 2. The molecule has 0 saturated carbocycles. The molecule has 2 atom stereocenters. The van der Waals surface area contributed by atoms with Gasteiger partial charge in [-0.05, 0) is 42.7 Å². The third kappa shape index (κ3) is 4.21. The van der Waals surface area contributed by atoms with Gasteiger partial charge in [-0.2, -0.15) is 0 Å². The lowest BCUT2D eigenvalue weighted by Crippen LogP contribution is -2.50. The number of rotatable bonds is 4. The number of ether oxygens (including phenoxy) is 1. The number of likely N-dealkylation sites (tertiary alicyclic amines) is 1. The van der Waals surface area contributed by atoms with Crippen LogP contribution in [-0.2, 0) is 6.54 Å². The van der Waals surface area contributed by atoms with Crippen molar-refractivity contribution in [2.75, 3.05) is 30.8 Å². The molecule has 0 unspecified atom stereocenters. The number of methoxy groups -OCH3 is 1. The standard InChI is InChI=1S/C24H24N6O4/c1-34-19-4-2-18(3-5-19)27-24(33)29-11-15-8-16(13-29)22-20(6-7-21(31)30(22)12-15)28-23(32)17-9-25-14-26-10-17/h2-7,9-10,14-16H,8,11-13H2,1H3,(H,27,33)(H,28,32)/t15-,16+/m0/s1. The number of pyridine rings is 1. The van der Waals surface area contributed by atoms with Crippen LogP contribution in [0.4, 0.5) is 16.2 Å². The summed E-state index contributed by atoms with van der Waals surface area (Å²) in [5, 5.41) is 5.84. The van der Waals surface area contributed by atoms with Gasteiger partial charge in [-0.25, -0.2) is 14.8 Å². The maximum Gasteiger partial charge on any atom is 0.321 e. The molecule has 2 aromatic heterocycles. The maximum absolute atomic E-state index is 13.0. The van der Waals surface area contributed by atoms with Crippen LogP contribution in [0.1, 0.15) is 28.4 Å². The summed E-state index contributed by atoms with van der Waals surface area (Å²) in [6.45, 7) is 1.50. The molecule has 1 saturated heterocycles. The molecular weight excluding hydrogens is 436 g/mol. The molecule has 3 aromatic rings. The van der Waals surface area contributed by atoms with E-state index < -0.39 is 0 Å². The van der Waals surface area contributed by atoms with Crippen molar-refractivity contribution in [1.82, 2.24) is 19.4 Å². The highest BCUT2D eigenvalue weighted by molar-refractivity contribution is 6.04. The number of urea groups is 1. The van der Waals surface area contributed by atoms with Crippen LogP contribution < -0.4 is 20.9 Å². The predicted octanol–water partition coefficient (Wildman–Crippen LogP) is 2.55. The van der Waals surface area contributed by atoms with Crippen LogP contribution in [0.5, 0.6) is 5.75 Å². The van der Waals surface area contributed by atoms with Gasteiger partial charge in [0.05, 0.1) is 18.4 Å². The van der Waals surface area contributed by atoms with Crippen LogP contribution in [0.2, 0.25) is 0 Å². The van der Waals surface area contributed by atoms with E-state index in [0.717, 1.165) is 12.1 Å². The van der Waals surface area contributed by atoms with Crippen molar-refractivity contribution in [3.63, 3.8) is 0 Å². The summed E-state index contributed by atoms with van der Waals surface area (Å²) in [5.74, 6) is 0.433. The van der Waals surface area contributed by atoms with Gasteiger partial charge in [0.1, 0.15) is 12.1 Å². The predicted molar refractivity (Wildman–Crippen MR) is 125 cm³/mol. The normalized spacial score (nSPS) is 18.6.